The number of nitrogens with zero attached hydrogens (tertiary/aromatic N) is 2. The molecular weight excluding hydrogens is 597 g/mol. The minimum Gasteiger partial charge on any atom is -0.342 e. The molecule has 3 heterocycles. The molecular formula is C45H34N2Si. The summed E-state index contributed by atoms with van der Waals surface area (Å²) < 4.78 is 5.83. The maximum atomic E-state index is 2.93. The highest BCUT2D eigenvalue weighted by molar-refractivity contribution is 6.98. The average Bonchev–Trinajstić information content (AvgIpc) is 3.63. The van der Waals surface area contributed by atoms with Gasteiger partial charge >= 0.3 is 8.40 Å². The normalized spacial score (nSPS) is 19.0. The molecule has 11 rings (SSSR count). The lowest BCUT2D eigenvalue weighted by Crippen LogP contribution is -2.63. The van der Waals surface area contributed by atoms with Crippen molar-refractivity contribution in [1.82, 2.24) is 8.47 Å². The molecule has 1 aliphatic carbocycles. The third kappa shape index (κ3) is 3.01. The first kappa shape index (κ1) is 26.7. The molecule has 0 bridgehead atoms. The number of aromatic nitrogens is 2. The molecule has 2 atom stereocenters. The van der Waals surface area contributed by atoms with Gasteiger partial charge in [-0.3, -0.25) is 0 Å². The highest BCUT2D eigenvalue weighted by atomic mass is 28.3. The molecule has 0 fully saturated rings. The fourth-order valence-corrected chi connectivity index (χ4v) is 15.4. The van der Waals surface area contributed by atoms with Gasteiger partial charge < -0.3 is 8.47 Å². The second-order valence-corrected chi connectivity index (χ2v) is 17.3. The molecule has 9 aromatic rings. The van der Waals surface area contributed by atoms with Gasteiger partial charge in [0, 0.05) is 43.4 Å². The van der Waals surface area contributed by atoms with E-state index in [1.807, 2.05) is 0 Å². The number of benzene rings is 7. The molecule has 0 radical (unpaired) electrons. The molecule has 1 aliphatic heterocycles. The van der Waals surface area contributed by atoms with Crippen LogP contribution in [0.15, 0.2) is 145 Å². The van der Waals surface area contributed by atoms with Gasteiger partial charge in [0.05, 0.1) is 11.0 Å². The van der Waals surface area contributed by atoms with E-state index in [1.54, 1.807) is 5.20 Å². The summed E-state index contributed by atoms with van der Waals surface area (Å²) in [5.41, 5.74) is 6.89. The number of hydrogen-bond acceptors (Lipinski definition) is 0. The third-order valence-electron chi connectivity index (χ3n) is 11.7. The number of hydrogen-bond donors (Lipinski definition) is 0. The van der Waals surface area contributed by atoms with Crippen molar-refractivity contribution in [3.8, 4) is 0 Å². The fourth-order valence-electron chi connectivity index (χ4n) is 9.82. The summed E-state index contributed by atoms with van der Waals surface area (Å²) in [4.78, 5) is 0. The molecule has 2 unspecified atom stereocenters. The Bertz CT molecular complexity index is 2920. The topological polar surface area (TPSA) is 9.86 Å². The number of fused-ring (bicyclic) bond motifs is 9. The van der Waals surface area contributed by atoms with Crippen LogP contribution in [0, 0.1) is 5.92 Å². The zero-order chi connectivity index (χ0) is 31.7. The van der Waals surface area contributed by atoms with Crippen molar-refractivity contribution in [2.24, 2.45) is 5.92 Å². The molecule has 2 aliphatic rings. The van der Waals surface area contributed by atoms with Crippen molar-refractivity contribution in [1.29, 1.82) is 0 Å². The SMILES string of the molecule is CCc1cccc2c1c1ccc3c4ccccc4c4ccc5c6ccccc6n6c5c4c3c1n2[Si]6(C1=CC=CCC1C)c1ccccc1. The Labute approximate surface area is 280 Å². The summed E-state index contributed by atoms with van der Waals surface area (Å²) in [6, 6.07) is 46.7. The lowest BCUT2D eigenvalue weighted by molar-refractivity contribution is 0.707. The first-order valence-corrected chi connectivity index (χ1v) is 19.3. The molecule has 228 valence electrons. The molecule has 3 heteroatoms. The predicted octanol–water partition coefficient (Wildman–Crippen LogP) is 11.0. The smallest absolute Gasteiger partial charge is 0.336 e. The summed E-state index contributed by atoms with van der Waals surface area (Å²) in [6.07, 6.45) is 9.24. The number of rotatable bonds is 3. The lowest BCUT2D eigenvalue weighted by Gasteiger charge is -2.41. The fraction of sp³-hybridized carbons (Fsp3) is 0.111. The Kier molecular flexibility index (Phi) is 5.20. The van der Waals surface area contributed by atoms with Crippen LogP contribution >= 0.6 is 0 Å². The van der Waals surface area contributed by atoms with E-state index in [1.165, 1.54) is 86.7 Å². The van der Waals surface area contributed by atoms with Gasteiger partial charge in [-0.1, -0.05) is 141 Å². The number of para-hydroxylation sites is 1. The van der Waals surface area contributed by atoms with Gasteiger partial charge in [-0.2, -0.15) is 0 Å². The lowest BCUT2D eigenvalue weighted by atomic mass is 9.91. The molecule has 0 amide bonds. The molecule has 0 saturated carbocycles. The Balaban J connectivity index is 1.60. The molecule has 48 heavy (non-hydrogen) atoms. The highest BCUT2D eigenvalue weighted by Crippen LogP contribution is 2.51. The van der Waals surface area contributed by atoms with Crippen LogP contribution < -0.4 is 5.19 Å². The average molecular weight is 631 g/mol. The zero-order valence-electron chi connectivity index (χ0n) is 27.2. The second-order valence-electron chi connectivity index (χ2n) is 13.9. The standard InChI is InChI=1S/C45H34N2Si/c1-3-29-15-13-22-39-41(29)37-27-25-35-32-19-9-8-18-31(32)34-24-26-36-33-20-10-11-21-38(33)46-44(36)42(34)43(35)45(37)47(39)48(46,30-16-5-4-6-17-30)40-23-12-7-14-28(40)2/h4-13,15-28H,3,14H2,1-2H3. The van der Waals surface area contributed by atoms with Gasteiger partial charge in [0.2, 0.25) is 0 Å². The number of allylic oxidation sites excluding steroid dienone is 4. The number of aryl methyl sites for hydroxylation is 1. The van der Waals surface area contributed by atoms with Crippen molar-refractivity contribution in [3.63, 3.8) is 0 Å². The largest absolute Gasteiger partial charge is 0.342 e. The monoisotopic (exact) mass is 630 g/mol. The van der Waals surface area contributed by atoms with E-state index >= 15 is 0 Å². The van der Waals surface area contributed by atoms with Crippen molar-refractivity contribution in [2.45, 2.75) is 26.7 Å². The van der Waals surface area contributed by atoms with Crippen LogP contribution in [0.1, 0.15) is 25.8 Å². The van der Waals surface area contributed by atoms with Gasteiger partial charge in [-0.25, -0.2) is 0 Å². The highest BCUT2D eigenvalue weighted by Gasteiger charge is 2.51. The summed E-state index contributed by atoms with van der Waals surface area (Å²) in [5.74, 6) is 0.388. The Morgan fingerprint density at radius 3 is 1.90 bits per heavy atom. The van der Waals surface area contributed by atoms with Gasteiger partial charge in [-0.05, 0) is 68.4 Å². The summed E-state index contributed by atoms with van der Waals surface area (Å²) >= 11 is 0. The van der Waals surface area contributed by atoms with Crippen LogP contribution in [0.3, 0.4) is 0 Å². The third-order valence-corrected chi connectivity index (χ3v) is 16.5. The van der Waals surface area contributed by atoms with Crippen molar-refractivity contribution in [3.05, 3.63) is 150 Å². The molecule has 0 saturated heterocycles. The van der Waals surface area contributed by atoms with Crippen LogP contribution in [-0.4, -0.2) is 16.9 Å². The van der Waals surface area contributed by atoms with E-state index in [0.29, 0.717) is 5.92 Å². The van der Waals surface area contributed by atoms with E-state index in [9.17, 15) is 0 Å². The van der Waals surface area contributed by atoms with Crippen molar-refractivity contribution < 1.29 is 0 Å². The predicted molar refractivity (Wildman–Crippen MR) is 208 cm³/mol. The maximum Gasteiger partial charge on any atom is 0.336 e. The van der Waals surface area contributed by atoms with Crippen LogP contribution in [0.25, 0.3) is 75.9 Å². The molecule has 2 nitrogen and oxygen atoms in total. The van der Waals surface area contributed by atoms with Crippen LogP contribution in [0.5, 0.6) is 0 Å². The van der Waals surface area contributed by atoms with Crippen LogP contribution in [0.4, 0.5) is 0 Å². The first-order chi connectivity index (χ1) is 23.7. The van der Waals surface area contributed by atoms with E-state index in [4.69, 9.17) is 0 Å². The van der Waals surface area contributed by atoms with E-state index in [2.05, 4.69) is 162 Å². The summed E-state index contributed by atoms with van der Waals surface area (Å²) in [5, 5.41) is 16.6. The van der Waals surface area contributed by atoms with Gasteiger partial charge in [0.1, 0.15) is 0 Å². The van der Waals surface area contributed by atoms with E-state index in [-0.39, 0.29) is 0 Å². The van der Waals surface area contributed by atoms with E-state index in [0.717, 1.165) is 12.8 Å². The Hall–Kier alpha value is -5.38. The van der Waals surface area contributed by atoms with Crippen molar-refractivity contribution in [2.75, 3.05) is 0 Å². The Morgan fingerprint density at radius 1 is 0.562 bits per heavy atom. The molecule has 2 aromatic heterocycles. The molecule has 0 spiro atoms. The zero-order valence-corrected chi connectivity index (χ0v) is 28.2. The van der Waals surface area contributed by atoms with Gasteiger partial charge in [-0.15, -0.1) is 0 Å². The van der Waals surface area contributed by atoms with Crippen molar-refractivity contribution >= 4 is 89.5 Å². The van der Waals surface area contributed by atoms with Crippen LogP contribution in [0.2, 0.25) is 0 Å². The maximum absolute atomic E-state index is 3.11. The van der Waals surface area contributed by atoms with Gasteiger partial charge in [0.25, 0.3) is 0 Å². The van der Waals surface area contributed by atoms with E-state index < -0.39 is 8.40 Å². The minimum absolute atomic E-state index is 0.388. The Morgan fingerprint density at radius 2 is 1.17 bits per heavy atom. The van der Waals surface area contributed by atoms with Crippen LogP contribution in [-0.2, 0) is 6.42 Å². The first-order valence-electron chi connectivity index (χ1n) is 17.4. The summed E-state index contributed by atoms with van der Waals surface area (Å²) in [7, 11) is -3.11. The van der Waals surface area contributed by atoms with Gasteiger partial charge in [0.15, 0.2) is 0 Å². The molecule has 7 aromatic carbocycles. The molecule has 0 N–H and O–H groups in total. The summed E-state index contributed by atoms with van der Waals surface area (Å²) in [6.45, 7) is 4.77. The minimum atomic E-state index is -3.11. The second kappa shape index (κ2) is 9.37. The quantitative estimate of drug-likeness (QED) is 0.136.